The van der Waals surface area contributed by atoms with Gasteiger partial charge in [-0.15, -0.1) is 0 Å². The number of anilines is 2. The van der Waals surface area contributed by atoms with E-state index in [1.165, 1.54) is 7.11 Å². The zero-order chi connectivity index (χ0) is 22.5. The standard InChI is InChI=1S/C25H22N2O5/c1-16-9-3-6-12-19(16)31-15-22(28)27-23-17-10-4-7-13-20(17)32-24(23)25(29)26-18-11-5-8-14-21(18)30-2/h3-14H,15H2,1-2H3,(H,26,29)(H,27,28). The van der Waals surface area contributed by atoms with Crippen molar-refractivity contribution in [1.82, 2.24) is 0 Å². The van der Waals surface area contributed by atoms with Crippen LogP contribution in [0.1, 0.15) is 16.1 Å². The van der Waals surface area contributed by atoms with Crippen molar-refractivity contribution in [2.45, 2.75) is 6.92 Å². The Morgan fingerprint density at radius 2 is 1.56 bits per heavy atom. The lowest BCUT2D eigenvalue weighted by molar-refractivity contribution is -0.118. The fraction of sp³-hybridized carbons (Fsp3) is 0.120. The van der Waals surface area contributed by atoms with Gasteiger partial charge in [-0.1, -0.05) is 42.5 Å². The van der Waals surface area contributed by atoms with Crippen LogP contribution in [0.4, 0.5) is 11.4 Å². The quantitative estimate of drug-likeness (QED) is 0.430. The summed E-state index contributed by atoms with van der Waals surface area (Å²) < 4.78 is 16.7. The number of hydrogen-bond donors (Lipinski definition) is 2. The number of para-hydroxylation sites is 4. The molecular weight excluding hydrogens is 408 g/mol. The number of fused-ring (bicyclic) bond motifs is 1. The third-order valence-corrected chi connectivity index (χ3v) is 4.87. The maximum atomic E-state index is 13.0. The minimum Gasteiger partial charge on any atom is -0.495 e. The number of furan rings is 1. The number of nitrogens with one attached hydrogen (secondary N) is 2. The fourth-order valence-corrected chi connectivity index (χ4v) is 3.29. The van der Waals surface area contributed by atoms with Gasteiger partial charge in [-0.25, -0.2) is 0 Å². The van der Waals surface area contributed by atoms with Crippen molar-refractivity contribution in [2.75, 3.05) is 24.4 Å². The van der Waals surface area contributed by atoms with Crippen LogP contribution in [0.15, 0.2) is 77.2 Å². The molecule has 4 rings (SSSR count). The van der Waals surface area contributed by atoms with Crippen molar-refractivity contribution in [2.24, 2.45) is 0 Å². The van der Waals surface area contributed by atoms with E-state index in [1.54, 1.807) is 54.6 Å². The molecular formula is C25H22N2O5. The highest BCUT2D eigenvalue weighted by Crippen LogP contribution is 2.32. The summed E-state index contributed by atoms with van der Waals surface area (Å²) in [4.78, 5) is 25.7. The zero-order valence-electron chi connectivity index (χ0n) is 17.7. The van der Waals surface area contributed by atoms with Crippen LogP contribution in [0, 0.1) is 6.92 Å². The van der Waals surface area contributed by atoms with E-state index in [9.17, 15) is 9.59 Å². The molecule has 1 aromatic heterocycles. The molecule has 0 atom stereocenters. The Bertz CT molecular complexity index is 1280. The van der Waals surface area contributed by atoms with E-state index in [2.05, 4.69) is 10.6 Å². The largest absolute Gasteiger partial charge is 0.495 e. The first kappa shape index (κ1) is 21.0. The number of carbonyl (C=O) groups excluding carboxylic acids is 2. The monoisotopic (exact) mass is 430 g/mol. The van der Waals surface area contributed by atoms with Gasteiger partial charge in [-0.3, -0.25) is 9.59 Å². The molecule has 7 nitrogen and oxygen atoms in total. The summed E-state index contributed by atoms with van der Waals surface area (Å²) in [6.07, 6.45) is 0. The van der Waals surface area contributed by atoms with Gasteiger partial charge in [0.2, 0.25) is 5.76 Å². The summed E-state index contributed by atoms with van der Waals surface area (Å²) in [5.74, 6) is 0.191. The molecule has 1 heterocycles. The van der Waals surface area contributed by atoms with E-state index in [1.807, 2.05) is 25.1 Å². The van der Waals surface area contributed by atoms with Gasteiger partial charge in [0.05, 0.1) is 12.8 Å². The highest BCUT2D eigenvalue weighted by molar-refractivity contribution is 6.15. The molecule has 0 bridgehead atoms. The normalized spacial score (nSPS) is 10.6. The van der Waals surface area contributed by atoms with Gasteiger partial charge < -0.3 is 24.5 Å². The van der Waals surface area contributed by atoms with Gasteiger partial charge >= 0.3 is 0 Å². The summed E-state index contributed by atoms with van der Waals surface area (Å²) in [5, 5.41) is 6.16. The second-order valence-electron chi connectivity index (χ2n) is 7.06. The molecule has 0 spiro atoms. The van der Waals surface area contributed by atoms with Gasteiger partial charge in [0, 0.05) is 5.39 Å². The second kappa shape index (κ2) is 9.26. The first-order valence-electron chi connectivity index (χ1n) is 10.0. The molecule has 0 saturated heterocycles. The van der Waals surface area contributed by atoms with Crippen molar-refractivity contribution in [3.8, 4) is 11.5 Å². The van der Waals surface area contributed by atoms with Crippen LogP contribution >= 0.6 is 0 Å². The Morgan fingerprint density at radius 1 is 0.875 bits per heavy atom. The molecule has 4 aromatic rings. The number of ether oxygens (including phenoxy) is 2. The Balaban J connectivity index is 1.58. The fourth-order valence-electron chi connectivity index (χ4n) is 3.29. The number of hydrogen-bond acceptors (Lipinski definition) is 5. The van der Waals surface area contributed by atoms with Gasteiger partial charge in [-0.2, -0.15) is 0 Å². The lowest BCUT2D eigenvalue weighted by Crippen LogP contribution is -2.22. The molecule has 0 aliphatic heterocycles. The molecule has 2 amide bonds. The Morgan fingerprint density at radius 3 is 2.34 bits per heavy atom. The molecule has 2 N–H and O–H groups in total. The maximum Gasteiger partial charge on any atom is 0.293 e. The van der Waals surface area contributed by atoms with Crippen LogP contribution in [0.5, 0.6) is 11.5 Å². The van der Waals surface area contributed by atoms with E-state index in [4.69, 9.17) is 13.9 Å². The van der Waals surface area contributed by atoms with Crippen LogP contribution < -0.4 is 20.1 Å². The predicted molar refractivity (Wildman–Crippen MR) is 122 cm³/mol. The molecule has 162 valence electrons. The Labute approximate surface area is 184 Å². The van der Waals surface area contributed by atoms with Gasteiger partial charge in [0.1, 0.15) is 22.8 Å². The van der Waals surface area contributed by atoms with Crippen molar-refractivity contribution < 1.29 is 23.5 Å². The van der Waals surface area contributed by atoms with Gasteiger partial charge in [-0.05, 0) is 42.8 Å². The van der Waals surface area contributed by atoms with E-state index >= 15 is 0 Å². The highest BCUT2D eigenvalue weighted by Gasteiger charge is 2.23. The molecule has 0 fully saturated rings. The van der Waals surface area contributed by atoms with Gasteiger partial charge in [0.15, 0.2) is 6.61 Å². The van der Waals surface area contributed by atoms with Crippen LogP contribution in [0.2, 0.25) is 0 Å². The van der Waals surface area contributed by atoms with Crippen LogP contribution in [0.3, 0.4) is 0 Å². The number of benzene rings is 3. The topological polar surface area (TPSA) is 89.8 Å². The van der Waals surface area contributed by atoms with Crippen LogP contribution in [-0.4, -0.2) is 25.5 Å². The summed E-state index contributed by atoms with van der Waals surface area (Å²) in [5.41, 5.74) is 2.17. The molecule has 7 heteroatoms. The number of carbonyl (C=O) groups is 2. The number of amides is 2. The van der Waals surface area contributed by atoms with Crippen molar-refractivity contribution in [1.29, 1.82) is 0 Å². The Kier molecular flexibility index (Phi) is 6.07. The summed E-state index contributed by atoms with van der Waals surface area (Å²) in [6, 6.07) is 21.6. The minimum absolute atomic E-state index is 0.0126. The summed E-state index contributed by atoms with van der Waals surface area (Å²) >= 11 is 0. The van der Waals surface area contributed by atoms with Crippen LogP contribution in [-0.2, 0) is 4.79 Å². The molecule has 32 heavy (non-hydrogen) atoms. The average molecular weight is 430 g/mol. The zero-order valence-corrected chi connectivity index (χ0v) is 17.7. The maximum absolute atomic E-state index is 13.0. The van der Waals surface area contributed by atoms with E-state index in [0.717, 1.165) is 5.56 Å². The highest BCUT2D eigenvalue weighted by atomic mass is 16.5. The molecule has 0 aliphatic carbocycles. The number of methoxy groups -OCH3 is 1. The predicted octanol–water partition coefficient (Wildman–Crippen LogP) is 5.02. The third kappa shape index (κ3) is 4.41. The van der Waals surface area contributed by atoms with Crippen molar-refractivity contribution >= 4 is 34.2 Å². The molecule has 3 aromatic carbocycles. The first-order valence-corrected chi connectivity index (χ1v) is 10.0. The molecule has 0 unspecified atom stereocenters. The van der Waals surface area contributed by atoms with Crippen molar-refractivity contribution in [3.63, 3.8) is 0 Å². The average Bonchev–Trinajstić information content (AvgIpc) is 3.17. The first-order chi connectivity index (χ1) is 15.6. The lowest BCUT2D eigenvalue weighted by atomic mass is 10.2. The minimum atomic E-state index is -0.513. The summed E-state index contributed by atoms with van der Waals surface area (Å²) in [6.45, 7) is 1.69. The second-order valence-corrected chi connectivity index (χ2v) is 7.06. The number of rotatable bonds is 7. The van der Waals surface area contributed by atoms with E-state index < -0.39 is 11.8 Å². The molecule has 0 radical (unpaired) electrons. The molecule has 0 aliphatic rings. The van der Waals surface area contributed by atoms with Crippen molar-refractivity contribution in [3.05, 3.63) is 84.1 Å². The molecule has 0 saturated carbocycles. The van der Waals surface area contributed by atoms with E-state index in [-0.39, 0.29) is 18.1 Å². The van der Waals surface area contributed by atoms with Gasteiger partial charge in [0.25, 0.3) is 11.8 Å². The van der Waals surface area contributed by atoms with E-state index in [0.29, 0.717) is 28.2 Å². The summed E-state index contributed by atoms with van der Waals surface area (Å²) in [7, 11) is 1.52. The number of aryl methyl sites for hydroxylation is 1. The van der Waals surface area contributed by atoms with Crippen LogP contribution in [0.25, 0.3) is 11.0 Å². The lowest BCUT2D eigenvalue weighted by Gasteiger charge is -2.11. The smallest absolute Gasteiger partial charge is 0.293 e. The SMILES string of the molecule is COc1ccccc1NC(=O)c1oc2ccccc2c1NC(=O)COc1ccccc1C. The third-order valence-electron chi connectivity index (χ3n) is 4.87. The Hall–Kier alpha value is -4.26.